The van der Waals surface area contributed by atoms with E-state index in [0.717, 1.165) is 31.3 Å². The Bertz CT molecular complexity index is 374. The lowest BCUT2D eigenvalue weighted by molar-refractivity contribution is 0.315. The van der Waals surface area contributed by atoms with Crippen molar-refractivity contribution >= 4 is 18.4 Å². The van der Waals surface area contributed by atoms with Crippen LogP contribution in [0.4, 0.5) is 5.95 Å². The maximum Gasteiger partial charge on any atom is 0.225 e. The smallest absolute Gasteiger partial charge is 0.225 e. The van der Waals surface area contributed by atoms with Crippen molar-refractivity contribution in [2.75, 3.05) is 32.1 Å². The molecule has 0 radical (unpaired) electrons. The minimum atomic E-state index is 0. The first-order valence-electron chi connectivity index (χ1n) is 6.03. The molecule has 2 N–H and O–H groups in total. The van der Waals surface area contributed by atoms with Gasteiger partial charge in [-0.05, 0) is 12.0 Å². The number of nitrogens with two attached hydrogens (primary N) is 1. The zero-order chi connectivity index (χ0) is 12.4. The third kappa shape index (κ3) is 3.54. The van der Waals surface area contributed by atoms with Gasteiger partial charge >= 0.3 is 0 Å². The second kappa shape index (κ2) is 6.31. The van der Waals surface area contributed by atoms with E-state index in [1.807, 2.05) is 31.3 Å². The minimum Gasteiger partial charge on any atom is -0.347 e. The molecular formula is C12H22ClN5. The molecule has 1 aliphatic heterocycles. The number of nitrogens with zero attached hydrogens (tertiary/aromatic N) is 4. The summed E-state index contributed by atoms with van der Waals surface area (Å²) in [7, 11) is 3.90. The standard InChI is InChI=1S/C12H21N5.ClH/c1-9-6-17(8-11(9)13)7-10-4-5-14-12(15-10)16(2)3;/h4-5,9,11H,6-8,13H2,1-3H3;1H. The van der Waals surface area contributed by atoms with Gasteiger partial charge in [-0.15, -0.1) is 12.4 Å². The Morgan fingerprint density at radius 3 is 2.72 bits per heavy atom. The molecule has 1 aromatic rings. The fourth-order valence-corrected chi connectivity index (χ4v) is 2.14. The van der Waals surface area contributed by atoms with Crippen LogP contribution in [0.15, 0.2) is 12.3 Å². The molecule has 0 bridgehead atoms. The lowest BCUT2D eigenvalue weighted by Crippen LogP contribution is -2.28. The fourth-order valence-electron chi connectivity index (χ4n) is 2.14. The minimum absolute atomic E-state index is 0. The molecule has 2 heterocycles. The molecule has 0 spiro atoms. The van der Waals surface area contributed by atoms with Crippen molar-refractivity contribution < 1.29 is 0 Å². The van der Waals surface area contributed by atoms with Crippen LogP contribution in [0.5, 0.6) is 0 Å². The Morgan fingerprint density at radius 1 is 1.44 bits per heavy atom. The molecule has 2 atom stereocenters. The second-order valence-corrected chi connectivity index (χ2v) is 5.08. The Balaban J connectivity index is 0.00000162. The van der Waals surface area contributed by atoms with E-state index in [1.165, 1.54) is 0 Å². The highest BCUT2D eigenvalue weighted by Crippen LogP contribution is 2.17. The van der Waals surface area contributed by atoms with Gasteiger partial charge in [0, 0.05) is 46.0 Å². The van der Waals surface area contributed by atoms with Gasteiger partial charge in [0.05, 0.1) is 5.69 Å². The van der Waals surface area contributed by atoms with E-state index < -0.39 is 0 Å². The number of halogens is 1. The SMILES string of the molecule is CC1CN(Cc2ccnc(N(C)C)n2)CC1N.Cl. The van der Waals surface area contributed by atoms with Gasteiger partial charge in [0.25, 0.3) is 0 Å². The number of hydrogen-bond donors (Lipinski definition) is 1. The summed E-state index contributed by atoms with van der Waals surface area (Å²) in [5, 5.41) is 0. The Kier molecular flexibility index (Phi) is 5.31. The van der Waals surface area contributed by atoms with Crippen LogP contribution >= 0.6 is 12.4 Å². The Morgan fingerprint density at radius 2 is 2.17 bits per heavy atom. The molecule has 5 nitrogen and oxygen atoms in total. The number of hydrogen-bond acceptors (Lipinski definition) is 5. The van der Waals surface area contributed by atoms with Gasteiger partial charge in [0.2, 0.25) is 5.95 Å². The van der Waals surface area contributed by atoms with E-state index >= 15 is 0 Å². The maximum absolute atomic E-state index is 6.02. The van der Waals surface area contributed by atoms with Gasteiger partial charge in [-0.1, -0.05) is 6.92 Å². The molecular weight excluding hydrogens is 250 g/mol. The second-order valence-electron chi connectivity index (χ2n) is 5.08. The number of rotatable bonds is 3. The van der Waals surface area contributed by atoms with Gasteiger partial charge in [-0.3, -0.25) is 4.90 Å². The predicted octanol–water partition coefficient (Wildman–Crippen LogP) is 0.743. The first-order chi connectivity index (χ1) is 8.06. The molecule has 1 saturated heterocycles. The van der Waals surface area contributed by atoms with Crippen molar-refractivity contribution in [2.24, 2.45) is 11.7 Å². The first kappa shape index (κ1) is 15.1. The molecule has 0 aromatic carbocycles. The summed E-state index contributed by atoms with van der Waals surface area (Å²) < 4.78 is 0. The van der Waals surface area contributed by atoms with Gasteiger partial charge in [-0.25, -0.2) is 9.97 Å². The largest absolute Gasteiger partial charge is 0.347 e. The van der Waals surface area contributed by atoms with Crippen LogP contribution in [-0.2, 0) is 6.54 Å². The van der Waals surface area contributed by atoms with E-state index in [4.69, 9.17) is 5.73 Å². The van der Waals surface area contributed by atoms with E-state index in [0.29, 0.717) is 12.0 Å². The molecule has 1 aliphatic rings. The van der Waals surface area contributed by atoms with E-state index in [-0.39, 0.29) is 12.4 Å². The van der Waals surface area contributed by atoms with Crippen LogP contribution < -0.4 is 10.6 Å². The van der Waals surface area contributed by atoms with Crippen LogP contribution in [0.2, 0.25) is 0 Å². The predicted molar refractivity (Wildman–Crippen MR) is 76.0 cm³/mol. The number of likely N-dealkylation sites (tertiary alicyclic amines) is 1. The average Bonchev–Trinajstić information content (AvgIpc) is 2.58. The highest BCUT2D eigenvalue weighted by molar-refractivity contribution is 5.85. The molecule has 18 heavy (non-hydrogen) atoms. The molecule has 2 unspecified atom stereocenters. The van der Waals surface area contributed by atoms with Crippen molar-refractivity contribution in [3.63, 3.8) is 0 Å². The molecule has 6 heteroatoms. The third-order valence-electron chi connectivity index (χ3n) is 3.23. The van der Waals surface area contributed by atoms with E-state index in [9.17, 15) is 0 Å². The molecule has 1 fully saturated rings. The van der Waals surface area contributed by atoms with Crippen molar-refractivity contribution in [1.82, 2.24) is 14.9 Å². The van der Waals surface area contributed by atoms with Crippen molar-refractivity contribution in [1.29, 1.82) is 0 Å². The topological polar surface area (TPSA) is 58.3 Å². The number of aromatic nitrogens is 2. The summed E-state index contributed by atoms with van der Waals surface area (Å²) in [6.45, 7) is 5.09. The summed E-state index contributed by atoms with van der Waals surface area (Å²) in [4.78, 5) is 13.0. The summed E-state index contributed by atoms with van der Waals surface area (Å²) in [5.74, 6) is 1.34. The summed E-state index contributed by atoms with van der Waals surface area (Å²) in [6, 6.07) is 2.27. The molecule has 2 rings (SSSR count). The highest BCUT2D eigenvalue weighted by atomic mass is 35.5. The molecule has 0 saturated carbocycles. The van der Waals surface area contributed by atoms with Crippen molar-refractivity contribution in [2.45, 2.75) is 19.5 Å². The summed E-state index contributed by atoms with van der Waals surface area (Å²) in [5.41, 5.74) is 7.08. The van der Waals surface area contributed by atoms with Crippen LogP contribution in [0, 0.1) is 5.92 Å². The molecule has 102 valence electrons. The van der Waals surface area contributed by atoms with Crippen LogP contribution in [0.1, 0.15) is 12.6 Å². The zero-order valence-electron chi connectivity index (χ0n) is 11.2. The highest BCUT2D eigenvalue weighted by Gasteiger charge is 2.26. The maximum atomic E-state index is 6.02. The normalized spacial score (nSPS) is 23.8. The van der Waals surface area contributed by atoms with Crippen LogP contribution in [-0.4, -0.2) is 48.1 Å². The van der Waals surface area contributed by atoms with E-state index in [1.54, 1.807) is 0 Å². The lowest BCUT2D eigenvalue weighted by atomic mass is 10.1. The van der Waals surface area contributed by atoms with Crippen molar-refractivity contribution in [3.8, 4) is 0 Å². The Hall–Kier alpha value is -0.910. The van der Waals surface area contributed by atoms with Gasteiger partial charge in [0.15, 0.2) is 0 Å². The van der Waals surface area contributed by atoms with Crippen LogP contribution in [0.3, 0.4) is 0 Å². The lowest BCUT2D eigenvalue weighted by Gasteiger charge is -2.16. The summed E-state index contributed by atoms with van der Waals surface area (Å²) in [6.07, 6.45) is 1.82. The zero-order valence-corrected chi connectivity index (χ0v) is 12.0. The quantitative estimate of drug-likeness (QED) is 0.879. The van der Waals surface area contributed by atoms with Crippen LogP contribution in [0.25, 0.3) is 0 Å². The fraction of sp³-hybridized carbons (Fsp3) is 0.667. The van der Waals surface area contributed by atoms with Gasteiger partial charge in [-0.2, -0.15) is 0 Å². The third-order valence-corrected chi connectivity index (χ3v) is 3.23. The monoisotopic (exact) mass is 271 g/mol. The van der Waals surface area contributed by atoms with Crippen molar-refractivity contribution in [3.05, 3.63) is 18.0 Å². The summed E-state index contributed by atoms with van der Waals surface area (Å²) >= 11 is 0. The van der Waals surface area contributed by atoms with Gasteiger partial charge in [0.1, 0.15) is 0 Å². The number of anilines is 1. The molecule has 0 amide bonds. The average molecular weight is 272 g/mol. The van der Waals surface area contributed by atoms with E-state index in [2.05, 4.69) is 21.8 Å². The first-order valence-corrected chi connectivity index (χ1v) is 6.03. The Labute approximate surface area is 115 Å². The molecule has 0 aliphatic carbocycles. The van der Waals surface area contributed by atoms with Gasteiger partial charge < -0.3 is 10.6 Å². The molecule has 1 aromatic heterocycles.